The van der Waals surface area contributed by atoms with Gasteiger partial charge in [-0.1, -0.05) is 19.3 Å². The van der Waals surface area contributed by atoms with Crippen LogP contribution in [0.1, 0.15) is 52.4 Å². The number of fused-ring (bicyclic) bond motifs is 2. The monoisotopic (exact) mass is 234 g/mol. The van der Waals surface area contributed by atoms with E-state index < -0.39 is 0 Å². The summed E-state index contributed by atoms with van der Waals surface area (Å²) in [7, 11) is 0. The van der Waals surface area contributed by atoms with Gasteiger partial charge in [0.2, 0.25) is 0 Å². The van der Waals surface area contributed by atoms with Crippen molar-refractivity contribution in [3.05, 3.63) is 0 Å². The predicted molar refractivity (Wildman–Crippen MR) is 72.9 cm³/mol. The zero-order valence-electron chi connectivity index (χ0n) is 11.3. The summed E-state index contributed by atoms with van der Waals surface area (Å²) in [4.78, 5) is 2.62. The fraction of sp³-hybridized carbons (Fsp3) is 0.867. The molecular formula is C15H26N2. The van der Waals surface area contributed by atoms with E-state index in [4.69, 9.17) is 6.42 Å². The van der Waals surface area contributed by atoms with E-state index in [1.54, 1.807) is 0 Å². The van der Waals surface area contributed by atoms with E-state index in [0.717, 1.165) is 24.7 Å². The van der Waals surface area contributed by atoms with Crippen LogP contribution >= 0.6 is 0 Å². The van der Waals surface area contributed by atoms with Crippen molar-refractivity contribution in [2.24, 2.45) is 0 Å². The molecule has 0 aliphatic carbocycles. The Kier molecular flexibility index (Phi) is 4.48. The summed E-state index contributed by atoms with van der Waals surface area (Å²) in [6.07, 6.45) is 13.5. The van der Waals surface area contributed by atoms with Gasteiger partial charge in [0.05, 0.1) is 6.04 Å². The molecule has 2 bridgehead atoms. The Morgan fingerprint density at radius 1 is 1.35 bits per heavy atom. The molecule has 2 heteroatoms. The fourth-order valence-corrected chi connectivity index (χ4v) is 3.65. The molecule has 0 amide bonds. The highest BCUT2D eigenvalue weighted by Crippen LogP contribution is 2.35. The summed E-state index contributed by atoms with van der Waals surface area (Å²) < 4.78 is 0. The summed E-state index contributed by atoms with van der Waals surface area (Å²) >= 11 is 0. The van der Waals surface area contributed by atoms with Crippen molar-refractivity contribution in [3.63, 3.8) is 0 Å². The minimum atomic E-state index is 0.317. The summed E-state index contributed by atoms with van der Waals surface area (Å²) in [5, 5.41) is 3.70. The average molecular weight is 234 g/mol. The second kappa shape index (κ2) is 5.89. The van der Waals surface area contributed by atoms with Crippen molar-refractivity contribution < 1.29 is 0 Å². The molecule has 0 spiro atoms. The molecule has 0 saturated carbocycles. The molecule has 0 radical (unpaired) electrons. The Morgan fingerprint density at radius 2 is 2.00 bits per heavy atom. The molecule has 2 saturated heterocycles. The number of nitrogens with one attached hydrogen (secondary N) is 1. The molecular weight excluding hydrogens is 208 g/mol. The smallest absolute Gasteiger partial charge is 0.0688 e. The molecule has 2 nitrogen and oxygen atoms in total. The van der Waals surface area contributed by atoms with E-state index in [9.17, 15) is 0 Å². The lowest BCUT2D eigenvalue weighted by Gasteiger charge is -2.50. The first kappa shape index (κ1) is 12.9. The van der Waals surface area contributed by atoms with Gasteiger partial charge < -0.3 is 5.32 Å². The molecule has 2 rings (SSSR count). The minimum Gasteiger partial charge on any atom is -0.314 e. The summed E-state index contributed by atoms with van der Waals surface area (Å²) in [5.41, 5.74) is 0. The van der Waals surface area contributed by atoms with Gasteiger partial charge in [-0.15, -0.1) is 6.42 Å². The van der Waals surface area contributed by atoms with Gasteiger partial charge >= 0.3 is 0 Å². The number of hydrogen-bond donors (Lipinski definition) is 1. The molecule has 2 fully saturated rings. The van der Waals surface area contributed by atoms with E-state index in [1.165, 1.54) is 38.5 Å². The van der Waals surface area contributed by atoms with Crippen LogP contribution in [0, 0.1) is 12.3 Å². The highest BCUT2D eigenvalue weighted by molar-refractivity contribution is 5.05. The van der Waals surface area contributed by atoms with Gasteiger partial charge in [-0.3, -0.25) is 4.90 Å². The van der Waals surface area contributed by atoms with Crippen LogP contribution in [0.2, 0.25) is 0 Å². The van der Waals surface area contributed by atoms with E-state index in [0.29, 0.717) is 6.04 Å². The molecule has 1 N–H and O–H groups in total. The van der Waals surface area contributed by atoms with Gasteiger partial charge in [-0.25, -0.2) is 0 Å². The Labute approximate surface area is 106 Å². The molecule has 0 aromatic carbocycles. The molecule has 3 atom stereocenters. The lowest BCUT2D eigenvalue weighted by atomic mass is 9.80. The number of hydrogen-bond acceptors (Lipinski definition) is 2. The molecule has 0 aromatic rings. The first-order valence-electron chi connectivity index (χ1n) is 7.23. The van der Waals surface area contributed by atoms with Crippen LogP contribution < -0.4 is 5.32 Å². The van der Waals surface area contributed by atoms with Crippen molar-refractivity contribution in [1.82, 2.24) is 10.2 Å². The minimum absolute atomic E-state index is 0.317. The van der Waals surface area contributed by atoms with E-state index in [-0.39, 0.29) is 0 Å². The third-order valence-electron chi connectivity index (χ3n) is 4.40. The number of terminal acetylenes is 1. The second-order valence-electron chi connectivity index (χ2n) is 5.65. The molecule has 2 heterocycles. The van der Waals surface area contributed by atoms with E-state index in [2.05, 4.69) is 30.0 Å². The summed E-state index contributed by atoms with van der Waals surface area (Å²) in [5.74, 6) is 2.93. The van der Waals surface area contributed by atoms with Crippen molar-refractivity contribution >= 4 is 0 Å². The lowest BCUT2D eigenvalue weighted by Crippen LogP contribution is -2.58. The van der Waals surface area contributed by atoms with Crippen molar-refractivity contribution in [2.45, 2.75) is 76.5 Å². The van der Waals surface area contributed by atoms with Crippen molar-refractivity contribution in [1.29, 1.82) is 0 Å². The number of piperidine rings is 2. The van der Waals surface area contributed by atoms with Gasteiger partial charge in [0.25, 0.3) is 0 Å². The van der Waals surface area contributed by atoms with Crippen molar-refractivity contribution in [3.8, 4) is 12.3 Å². The van der Waals surface area contributed by atoms with Crippen LogP contribution in [0.5, 0.6) is 0 Å². The first-order valence-corrected chi connectivity index (χ1v) is 7.23. The number of nitrogens with zero attached hydrogens (tertiary/aromatic N) is 1. The average Bonchev–Trinajstić information content (AvgIpc) is 2.34. The third kappa shape index (κ3) is 2.84. The van der Waals surface area contributed by atoms with Crippen LogP contribution in [-0.4, -0.2) is 35.6 Å². The first-order chi connectivity index (χ1) is 8.26. The van der Waals surface area contributed by atoms with Gasteiger partial charge in [-0.05, 0) is 45.6 Å². The standard InChI is InChI=1S/C15H26N2/c1-4-9-16-13-10-14-7-6-8-15(11-13)17(14)12(3)5-2/h2,12-16H,4,6-11H2,1,3H3. The molecule has 96 valence electrons. The Balaban J connectivity index is 1.99. The lowest BCUT2D eigenvalue weighted by molar-refractivity contribution is 0.0110. The molecule has 0 aromatic heterocycles. The van der Waals surface area contributed by atoms with Gasteiger partial charge in [0.15, 0.2) is 0 Å². The van der Waals surface area contributed by atoms with Crippen LogP contribution in [0.25, 0.3) is 0 Å². The topological polar surface area (TPSA) is 15.3 Å². The van der Waals surface area contributed by atoms with Gasteiger partial charge in [0.1, 0.15) is 0 Å². The van der Waals surface area contributed by atoms with Crippen molar-refractivity contribution in [2.75, 3.05) is 6.54 Å². The van der Waals surface area contributed by atoms with Crippen LogP contribution in [0.3, 0.4) is 0 Å². The molecule has 2 aliphatic heterocycles. The molecule has 3 unspecified atom stereocenters. The molecule has 17 heavy (non-hydrogen) atoms. The maximum absolute atomic E-state index is 5.61. The van der Waals surface area contributed by atoms with E-state index >= 15 is 0 Å². The number of rotatable bonds is 4. The SMILES string of the molecule is C#CC(C)N1C2CCCC1CC(NCCC)C2. The van der Waals surface area contributed by atoms with Crippen LogP contribution in [0.15, 0.2) is 0 Å². The Bertz CT molecular complexity index is 267. The summed E-state index contributed by atoms with van der Waals surface area (Å²) in [6.45, 7) is 5.59. The highest BCUT2D eigenvalue weighted by Gasteiger charge is 2.39. The van der Waals surface area contributed by atoms with Crippen LogP contribution in [0.4, 0.5) is 0 Å². The maximum atomic E-state index is 5.61. The highest BCUT2D eigenvalue weighted by atomic mass is 15.2. The predicted octanol–water partition coefficient (Wildman–Crippen LogP) is 2.39. The fourth-order valence-electron chi connectivity index (χ4n) is 3.65. The largest absolute Gasteiger partial charge is 0.314 e. The maximum Gasteiger partial charge on any atom is 0.0688 e. The van der Waals surface area contributed by atoms with Crippen LogP contribution in [-0.2, 0) is 0 Å². The zero-order valence-corrected chi connectivity index (χ0v) is 11.3. The second-order valence-corrected chi connectivity index (χ2v) is 5.65. The molecule has 2 aliphatic rings. The zero-order chi connectivity index (χ0) is 12.3. The third-order valence-corrected chi connectivity index (χ3v) is 4.40. The van der Waals surface area contributed by atoms with Gasteiger partial charge in [-0.2, -0.15) is 0 Å². The Hall–Kier alpha value is -0.520. The quantitative estimate of drug-likeness (QED) is 0.751. The van der Waals surface area contributed by atoms with Gasteiger partial charge in [0, 0.05) is 18.1 Å². The van der Waals surface area contributed by atoms with E-state index in [1.807, 2.05) is 0 Å². The Morgan fingerprint density at radius 3 is 2.53 bits per heavy atom. The normalized spacial score (nSPS) is 35.2. The summed E-state index contributed by atoms with van der Waals surface area (Å²) in [6, 6.07) is 2.50.